The second kappa shape index (κ2) is 5.99. The van der Waals surface area contributed by atoms with E-state index in [0.29, 0.717) is 11.7 Å². The van der Waals surface area contributed by atoms with Crippen LogP contribution in [0, 0.1) is 0 Å². The highest BCUT2D eigenvalue weighted by Crippen LogP contribution is 2.18. The van der Waals surface area contributed by atoms with Gasteiger partial charge in [0.15, 0.2) is 5.11 Å². The Hall–Kier alpha value is -1.66. The molecule has 0 spiro atoms. The molecule has 0 aromatic heterocycles. The molecule has 0 amide bonds. The fourth-order valence-corrected chi connectivity index (χ4v) is 2.42. The van der Waals surface area contributed by atoms with Crippen LogP contribution >= 0.6 is 12.2 Å². The van der Waals surface area contributed by atoms with E-state index in [-0.39, 0.29) is 13.0 Å². The average molecular weight is 280 g/mol. The van der Waals surface area contributed by atoms with E-state index < -0.39 is 18.1 Å². The molecule has 6 heteroatoms. The Balaban J connectivity index is 1.94. The highest BCUT2D eigenvalue weighted by Gasteiger charge is 2.37. The maximum Gasteiger partial charge on any atom is 0.326 e. The number of rotatable bonds is 3. The van der Waals surface area contributed by atoms with Crippen molar-refractivity contribution in [1.82, 2.24) is 10.2 Å². The lowest BCUT2D eigenvalue weighted by Gasteiger charge is -2.24. The predicted octanol–water partition coefficient (Wildman–Crippen LogP) is 0.581. The Morgan fingerprint density at radius 1 is 1.42 bits per heavy atom. The van der Waals surface area contributed by atoms with Gasteiger partial charge in [0.25, 0.3) is 0 Å². The van der Waals surface area contributed by atoms with Gasteiger partial charge in [-0.05, 0) is 17.8 Å². The van der Waals surface area contributed by atoms with Gasteiger partial charge >= 0.3 is 5.97 Å². The number of benzene rings is 1. The van der Waals surface area contributed by atoms with Crippen molar-refractivity contribution in [3.8, 4) is 0 Å². The van der Waals surface area contributed by atoms with Gasteiger partial charge in [0, 0.05) is 19.5 Å². The molecule has 1 saturated heterocycles. The molecular weight excluding hydrogens is 264 g/mol. The van der Waals surface area contributed by atoms with Crippen LogP contribution in [0.15, 0.2) is 30.3 Å². The molecule has 3 N–H and O–H groups in total. The molecule has 1 heterocycles. The second-order valence-electron chi connectivity index (χ2n) is 4.54. The van der Waals surface area contributed by atoms with Crippen molar-refractivity contribution < 1.29 is 15.0 Å². The number of carboxylic acid groups (broad SMARTS) is 1. The van der Waals surface area contributed by atoms with Gasteiger partial charge in [-0.1, -0.05) is 30.3 Å². The second-order valence-corrected chi connectivity index (χ2v) is 4.93. The summed E-state index contributed by atoms with van der Waals surface area (Å²) in [5, 5.41) is 22.1. The zero-order valence-electron chi connectivity index (χ0n) is 10.3. The number of aliphatic carboxylic acids is 1. The summed E-state index contributed by atoms with van der Waals surface area (Å²) in [5.41, 5.74) is 1.07. The molecule has 0 aliphatic carbocycles. The molecule has 0 radical (unpaired) electrons. The van der Waals surface area contributed by atoms with Gasteiger partial charge in [-0.3, -0.25) is 0 Å². The summed E-state index contributed by atoms with van der Waals surface area (Å²) in [6.45, 7) is 0.802. The molecule has 1 aliphatic rings. The summed E-state index contributed by atoms with van der Waals surface area (Å²) in [4.78, 5) is 12.6. The Labute approximate surface area is 116 Å². The lowest BCUT2D eigenvalue weighted by molar-refractivity contribution is -0.141. The first-order valence-electron chi connectivity index (χ1n) is 6.07. The molecule has 19 heavy (non-hydrogen) atoms. The number of likely N-dealkylation sites (tertiary alicyclic amines) is 1. The SMILES string of the molecule is O=C(O)[C@H]1C[C@H](O)CN1C(=S)NCc1ccccc1. The normalized spacial score (nSPS) is 22.3. The number of nitrogens with one attached hydrogen (secondary N) is 1. The van der Waals surface area contributed by atoms with Crippen molar-refractivity contribution >= 4 is 23.3 Å². The number of hydrogen-bond acceptors (Lipinski definition) is 3. The van der Waals surface area contributed by atoms with Crippen LogP contribution in [0.2, 0.25) is 0 Å². The minimum Gasteiger partial charge on any atom is -0.480 e. The van der Waals surface area contributed by atoms with Gasteiger partial charge in [0.05, 0.1) is 6.10 Å². The van der Waals surface area contributed by atoms with Crippen LogP contribution in [-0.4, -0.2) is 44.9 Å². The molecule has 2 atom stereocenters. The summed E-state index contributed by atoms with van der Waals surface area (Å²) in [6, 6.07) is 8.97. The Morgan fingerprint density at radius 3 is 2.74 bits per heavy atom. The van der Waals surface area contributed by atoms with Crippen LogP contribution in [0.5, 0.6) is 0 Å². The molecule has 102 valence electrons. The van der Waals surface area contributed by atoms with Crippen molar-refractivity contribution in [3.05, 3.63) is 35.9 Å². The maximum absolute atomic E-state index is 11.1. The number of aliphatic hydroxyl groups is 1. The minimum absolute atomic E-state index is 0.211. The quantitative estimate of drug-likeness (QED) is 0.704. The number of aliphatic hydroxyl groups excluding tert-OH is 1. The number of carbonyl (C=O) groups is 1. The van der Waals surface area contributed by atoms with Gasteiger partial charge in [-0.2, -0.15) is 0 Å². The van der Waals surface area contributed by atoms with E-state index >= 15 is 0 Å². The highest BCUT2D eigenvalue weighted by molar-refractivity contribution is 7.80. The molecule has 1 aromatic carbocycles. The summed E-state index contributed by atoms with van der Waals surface area (Å²) in [6.07, 6.45) is -0.430. The number of hydrogen-bond donors (Lipinski definition) is 3. The first-order chi connectivity index (χ1) is 9.08. The third-order valence-electron chi connectivity index (χ3n) is 3.11. The number of thiocarbonyl (C=S) groups is 1. The predicted molar refractivity (Wildman–Crippen MR) is 74.6 cm³/mol. The molecule has 1 aromatic rings. The summed E-state index contributed by atoms with van der Waals surface area (Å²) >= 11 is 5.20. The van der Waals surface area contributed by atoms with E-state index in [0.717, 1.165) is 5.56 Å². The van der Waals surface area contributed by atoms with Crippen LogP contribution < -0.4 is 5.32 Å². The average Bonchev–Trinajstić information content (AvgIpc) is 2.79. The van der Waals surface area contributed by atoms with Gasteiger partial charge in [-0.25, -0.2) is 4.79 Å². The van der Waals surface area contributed by atoms with Crippen molar-refractivity contribution in [2.75, 3.05) is 6.54 Å². The number of nitrogens with zero attached hydrogens (tertiary/aromatic N) is 1. The van der Waals surface area contributed by atoms with Crippen molar-refractivity contribution in [1.29, 1.82) is 0 Å². The molecule has 2 rings (SSSR count). The largest absolute Gasteiger partial charge is 0.480 e. The fraction of sp³-hybridized carbons (Fsp3) is 0.385. The standard InChI is InChI=1S/C13H16N2O3S/c16-10-6-11(12(17)18)15(8-10)13(19)14-7-9-4-2-1-3-5-9/h1-5,10-11,16H,6-8H2,(H,14,19)(H,17,18)/t10-,11+/m0/s1. The molecule has 1 aliphatic heterocycles. The number of carboxylic acids is 1. The van der Waals surface area contributed by atoms with E-state index in [2.05, 4.69) is 5.32 Å². The Kier molecular flexibility index (Phi) is 4.34. The zero-order chi connectivity index (χ0) is 13.8. The smallest absolute Gasteiger partial charge is 0.326 e. The van der Waals surface area contributed by atoms with Gasteiger partial charge in [0.1, 0.15) is 6.04 Å². The number of β-amino-alcohol motifs (C(OH)–C–C–N with tert-alkyl or cyclic N) is 1. The molecule has 0 unspecified atom stereocenters. The molecule has 1 fully saturated rings. The molecular formula is C13H16N2O3S. The first kappa shape index (κ1) is 13.8. The van der Waals surface area contributed by atoms with E-state index in [1.165, 1.54) is 4.90 Å². The van der Waals surface area contributed by atoms with E-state index in [4.69, 9.17) is 17.3 Å². The fourth-order valence-electron chi connectivity index (χ4n) is 2.15. The lowest BCUT2D eigenvalue weighted by atomic mass is 10.2. The summed E-state index contributed by atoms with van der Waals surface area (Å²) < 4.78 is 0. The highest BCUT2D eigenvalue weighted by atomic mass is 32.1. The lowest BCUT2D eigenvalue weighted by Crippen LogP contribution is -2.45. The maximum atomic E-state index is 11.1. The van der Waals surface area contributed by atoms with Crippen LogP contribution in [0.25, 0.3) is 0 Å². The van der Waals surface area contributed by atoms with Crippen LogP contribution in [-0.2, 0) is 11.3 Å². The summed E-state index contributed by atoms with van der Waals surface area (Å²) in [7, 11) is 0. The monoisotopic (exact) mass is 280 g/mol. The Bertz CT molecular complexity index is 466. The topological polar surface area (TPSA) is 72.8 Å². The van der Waals surface area contributed by atoms with Crippen LogP contribution in [0.1, 0.15) is 12.0 Å². The third-order valence-corrected chi connectivity index (χ3v) is 3.49. The minimum atomic E-state index is -0.958. The third kappa shape index (κ3) is 3.42. The van der Waals surface area contributed by atoms with Crippen LogP contribution in [0.4, 0.5) is 0 Å². The molecule has 5 nitrogen and oxygen atoms in total. The van der Waals surface area contributed by atoms with E-state index in [9.17, 15) is 9.90 Å². The summed E-state index contributed by atoms with van der Waals surface area (Å²) in [5.74, 6) is -0.958. The molecule has 0 bridgehead atoms. The van der Waals surface area contributed by atoms with Crippen LogP contribution in [0.3, 0.4) is 0 Å². The van der Waals surface area contributed by atoms with Crippen molar-refractivity contribution in [3.63, 3.8) is 0 Å². The van der Waals surface area contributed by atoms with Gasteiger partial charge < -0.3 is 20.4 Å². The zero-order valence-corrected chi connectivity index (χ0v) is 11.1. The van der Waals surface area contributed by atoms with Gasteiger partial charge in [0.2, 0.25) is 0 Å². The van der Waals surface area contributed by atoms with Crippen molar-refractivity contribution in [2.45, 2.75) is 25.1 Å². The Morgan fingerprint density at radius 2 is 2.11 bits per heavy atom. The first-order valence-corrected chi connectivity index (χ1v) is 6.48. The molecule has 0 saturated carbocycles. The van der Waals surface area contributed by atoms with E-state index in [1.807, 2.05) is 30.3 Å². The van der Waals surface area contributed by atoms with E-state index in [1.54, 1.807) is 0 Å². The van der Waals surface area contributed by atoms with Gasteiger partial charge in [-0.15, -0.1) is 0 Å². The van der Waals surface area contributed by atoms with Crippen molar-refractivity contribution in [2.24, 2.45) is 0 Å².